The molecule has 0 amide bonds. The first-order valence-electron chi connectivity index (χ1n) is 52.6. The molecule has 17 rings (SSSR count). The fourth-order valence-corrected chi connectivity index (χ4v) is 19.7. The third kappa shape index (κ3) is 11.6. The van der Waals surface area contributed by atoms with Gasteiger partial charge in [-0.25, -0.2) is 4.98 Å². The third-order valence-electron chi connectivity index (χ3n) is 17.1. The zero-order valence-electron chi connectivity index (χ0n) is 96.4. The van der Waals surface area contributed by atoms with E-state index in [1.54, 1.807) is 18.3 Å². The van der Waals surface area contributed by atoms with Gasteiger partial charge in [-0.2, -0.15) is 18.2 Å². The summed E-state index contributed by atoms with van der Waals surface area (Å²) < 4.78 is 425. The Morgan fingerprint density at radius 2 is 0.892 bits per heavy atom. The van der Waals surface area contributed by atoms with E-state index in [1.807, 2.05) is 61.7 Å². The average molecular weight is 1570 g/mol. The molecule has 102 heavy (non-hydrogen) atoms. The summed E-state index contributed by atoms with van der Waals surface area (Å²) in [5.41, 5.74) is -3.94. The molecule has 492 valence electrons. The van der Waals surface area contributed by atoms with Gasteiger partial charge in [0.2, 0.25) is 0 Å². The van der Waals surface area contributed by atoms with Crippen LogP contribution in [0.3, 0.4) is 0 Å². The molecule has 0 bridgehead atoms. The summed E-state index contributed by atoms with van der Waals surface area (Å²) in [6.07, 6.45) is 4.88. The van der Waals surface area contributed by atoms with Crippen LogP contribution >= 0.6 is 0 Å². The van der Waals surface area contributed by atoms with Gasteiger partial charge in [0.1, 0.15) is 5.82 Å². The number of nitrogens with zero attached hydrogens (tertiary/aromatic N) is 4. The van der Waals surface area contributed by atoms with Gasteiger partial charge in [-0.3, -0.25) is 4.57 Å². The monoisotopic (exact) mass is 1560 g/mol. The van der Waals surface area contributed by atoms with E-state index < -0.39 is 357 Å². The van der Waals surface area contributed by atoms with Crippen molar-refractivity contribution in [2.75, 3.05) is 0 Å². The van der Waals surface area contributed by atoms with Gasteiger partial charge < -0.3 is 13.9 Å². The van der Waals surface area contributed by atoms with Crippen molar-refractivity contribution in [1.82, 2.24) is 14.1 Å². The summed E-state index contributed by atoms with van der Waals surface area (Å²) in [5.74, 6) is 0.409. The van der Waals surface area contributed by atoms with Gasteiger partial charge in [-0.15, -0.1) is 29.7 Å². The molecule has 3 aromatic heterocycles. The minimum Gasteiger partial charge on any atom is -0.510 e. The van der Waals surface area contributed by atoms with Crippen LogP contribution in [0.4, 0.5) is 0 Å². The van der Waals surface area contributed by atoms with Gasteiger partial charge >= 0.3 is 0 Å². The standard InChI is InChI=1S/C94H70N4OSi2.Pt/c1-94(2,3)72-59-60-95-92(64-72)98-88-54-26-25-51-86(88)87-57-56-75(66-90(87)98)99-74-36-29-35-73(65-74)96-67-97(89-58-55-70(63-91(89)96)69-33-27-49-82(61-69)100(76-37-13-5-14-38-76,77-39-15-6-16-40-77)78-41-17-7-18-42-78)93-84(68-31-11-4-12-32-68)52-30-53-85(93)71-34-28-50-83(62-71)101(79-43-19-8-20-44-79,80-45-21-9-22-46-80)81-47-23-10-24-48-81;/h4-64H,1-3H3;/q-2;/i4D,5D,6D,7D,8D,9D,10D,11D,12D,13D,14D,15D,16D,17D,18D,19D,20D,21D,22D,23D,24D,27D,28D,31D,32D,33D,34D,37D,38D,39D,40D,41D,42D,43D,44D,45D,46D,47D,48D,49D,50D,61D,62D;. The van der Waals surface area contributed by atoms with Crippen LogP contribution in [0.5, 0.6) is 11.5 Å². The number of hydrogen-bond acceptors (Lipinski definition) is 2. The Morgan fingerprint density at radius 1 is 0.412 bits per heavy atom. The first-order valence-corrected chi connectivity index (χ1v) is 35.1. The normalized spacial score (nSPS) is 17.7. The summed E-state index contributed by atoms with van der Waals surface area (Å²) >= 11 is 0. The Kier molecular flexibility index (Phi) is 8.85. The molecular weight excluding hydrogens is 1450 g/mol. The Bertz CT molecular complexity index is 8080. The predicted octanol–water partition coefficient (Wildman–Crippen LogP) is 16.6. The van der Waals surface area contributed by atoms with E-state index in [0.29, 0.717) is 16.7 Å². The Labute approximate surface area is 673 Å². The summed E-state index contributed by atoms with van der Waals surface area (Å²) in [5, 5.41) is -8.15. The number of ether oxygens (including phenoxy) is 1. The van der Waals surface area contributed by atoms with Crippen LogP contribution in [0.15, 0.2) is 369 Å². The van der Waals surface area contributed by atoms with E-state index in [-0.39, 0.29) is 54.7 Å². The maximum Gasteiger partial charge on any atom is 0.268 e. The first-order chi connectivity index (χ1) is 67.6. The van der Waals surface area contributed by atoms with E-state index in [4.69, 9.17) is 19.3 Å². The van der Waals surface area contributed by atoms with Crippen LogP contribution in [0, 0.1) is 18.5 Å². The van der Waals surface area contributed by atoms with Crippen molar-refractivity contribution in [3.63, 3.8) is 0 Å². The van der Waals surface area contributed by atoms with Crippen molar-refractivity contribution in [1.29, 1.82) is 0 Å². The molecule has 0 aliphatic rings. The molecule has 14 aromatic carbocycles. The van der Waals surface area contributed by atoms with Crippen LogP contribution in [0.25, 0.3) is 83.4 Å². The summed E-state index contributed by atoms with van der Waals surface area (Å²) in [4.78, 5) is 4.80. The second-order valence-electron chi connectivity index (χ2n) is 23.8. The van der Waals surface area contributed by atoms with Crippen LogP contribution in [0.2, 0.25) is 0 Å². The molecule has 0 spiro atoms. The Balaban J connectivity index is 0.0000151. The molecule has 3 heterocycles. The van der Waals surface area contributed by atoms with Gasteiger partial charge in [0, 0.05) is 44.3 Å². The predicted molar refractivity (Wildman–Crippen MR) is 422 cm³/mol. The molecular formula is C94H70N4OPtSi2-2. The van der Waals surface area contributed by atoms with Crippen molar-refractivity contribution in [3.05, 3.63) is 393 Å². The fraction of sp³-hybridized carbons (Fsp3) is 0.0426. The number of pyridine rings is 1. The quantitative estimate of drug-likeness (QED) is 0.0418. The zero-order valence-corrected chi connectivity index (χ0v) is 57.7. The molecule has 0 fully saturated rings. The molecule has 17 aromatic rings. The van der Waals surface area contributed by atoms with Crippen LogP contribution in [0.1, 0.15) is 85.3 Å². The topological polar surface area (TPSA) is 35.9 Å². The Hall–Kier alpha value is -11.6. The van der Waals surface area contributed by atoms with Gasteiger partial charge in [0.25, 0.3) is 6.33 Å². The van der Waals surface area contributed by atoms with Crippen LogP contribution < -0.4 is 50.8 Å². The number of benzene rings is 14. The zero-order chi connectivity index (χ0) is 105. The number of aromatic nitrogens is 4. The minimum atomic E-state index is -6.71. The van der Waals surface area contributed by atoms with E-state index in [9.17, 15) is 49.3 Å². The second kappa shape index (κ2) is 27.5. The number of imidazole rings is 1. The van der Waals surface area contributed by atoms with E-state index in [1.165, 1.54) is 30.3 Å². The van der Waals surface area contributed by atoms with Crippen molar-refractivity contribution in [2.24, 2.45) is 0 Å². The maximum atomic E-state index is 11.2. The van der Waals surface area contributed by atoms with E-state index in [0.717, 1.165) is 49.9 Å². The molecule has 0 N–H and O–H groups in total. The number of fused-ring (bicyclic) bond motifs is 4. The second-order valence-corrected chi connectivity index (χ2v) is 30.8. The van der Waals surface area contributed by atoms with Crippen molar-refractivity contribution < 1.29 is 89.3 Å². The van der Waals surface area contributed by atoms with Gasteiger partial charge in [0.15, 0.2) is 16.1 Å². The number of rotatable bonds is 16. The molecule has 8 heteroatoms. The summed E-state index contributed by atoms with van der Waals surface area (Å²) in [6.45, 7) is 6.11. The minimum absolute atomic E-state index is 0. The van der Waals surface area contributed by atoms with E-state index >= 15 is 0 Å². The van der Waals surface area contributed by atoms with E-state index in [2.05, 4.69) is 18.5 Å². The van der Waals surface area contributed by atoms with Crippen molar-refractivity contribution in [3.8, 4) is 62.1 Å². The van der Waals surface area contributed by atoms with Crippen LogP contribution in [-0.2, 0) is 26.5 Å². The molecule has 0 saturated heterocycles. The van der Waals surface area contributed by atoms with Crippen LogP contribution in [-0.4, -0.2) is 30.3 Å². The summed E-state index contributed by atoms with van der Waals surface area (Å²) in [7, 11) is -13.3. The van der Waals surface area contributed by atoms with Crippen molar-refractivity contribution >= 4 is 90.5 Å². The molecule has 5 nitrogen and oxygen atoms in total. The van der Waals surface area contributed by atoms with Gasteiger partial charge in [-0.1, -0.05) is 335 Å². The molecule has 0 unspecified atom stereocenters. The third-order valence-corrected chi connectivity index (χ3v) is 25.1. The van der Waals surface area contributed by atoms with Crippen molar-refractivity contribution in [2.45, 2.75) is 26.2 Å². The summed E-state index contributed by atoms with van der Waals surface area (Å²) in [6, 6.07) is -20.8. The molecule has 0 saturated carbocycles. The molecule has 0 atom stereocenters. The molecule has 0 aliphatic carbocycles. The SMILES string of the molecule is [2H]c1c([2H])c([2H])c(-c2cccc(-c3c([2H])c([2H])c([2H])c([Si](c4c([2H])c([2H])c([2H])c([2H])c4[2H])(c4c([2H])c([2H])c([2H])c([2H])c4[2H])c4c([2H])c([2H])c([2H])c([2H])c4[2H])c3[2H])c2-[n+]2[c-]n(-c3[c-]c(Oc4[c-]c5c(cc4)c4ccccc4n5-c4cc(C(C)(C)C)ccn4)ccc3)c3cc(-c4c([2H])c([2H])c([2H])c([Si](c5c([2H])c([2H])c([2H])c([2H])c5[2H])(c5c([2H])c([2H])c([2H])c([2H])c5[2H])c5c([2H])c([2H])c([2H])c([2H])c5[2H])c4[2H])ccc32)c([2H])c1[2H].[Pt]. The fourth-order valence-electron chi connectivity index (χ4n) is 12.6. The first kappa shape index (κ1) is 32.8. The van der Waals surface area contributed by atoms with Gasteiger partial charge in [-0.05, 0) is 121 Å². The molecule has 0 radical (unpaired) electrons. The molecule has 0 aliphatic heterocycles. The van der Waals surface area contributed by atoms with Gasteiger partial charge in [0.05, 0.1) is 75.7 Å². The maximum absolute atomic E-state index is 11.2. The number of para-hydroxylation sites is 2. The smallest absolute Gasteiger partial charge is 0.268 e. The Morgan fingerprint density at radius 3 is 1.45 bits per heavy atom. The largest absolute Gasteiger partial charge is 0.510 e. The average Bonchev–Trinajstić information content (AvgIpc) is 1.16. The number of hydrogen-bond donors (Lipinski definition) is 0.